The number of aromatic nitrogens is 4. The number of allylic oxidation sites excluding steroid dienone is 4. The van der Waals surface area contributed by atoms with Crippen LogP contribution in [-0.2, 0) is 0 Å². The van der Waals surface area contributed by atoms with Crippen LogP contribution in [0.25, 0.3) is 93.6 Å². The first-order valence-corrected chi connectivity index (χ1v) is 18.2. The van der Waals surface area contributed by atoms with E-state index in [9.17, 15) is 0 Å². The predicted octanol–water partition coefficient (Wildman–Crippen LogP) is 12.1. The lowest BCUT2D eigenvalue weighted by Crippen LogP contribution is -2.13. The summed E-state index contributed by atoms with van der Waals surface area (Å²) >= 11 is 0. The summed E-state index contributed by atoms with van der Waals surface area (Å²) in [5, 5.41) is 8.00. The average molecular weight is 679 g/mol. The predicted molar refractivity (Wildman–Crippen MR) is 217 cm³/mol. The number of rotatable bonds is 3. The molecule has 0 saturated carbocycles. The molecule has 7 aromatic carbocycles. The van der Waals surface area contributed by atoms with Crippen LogP contribution in [0.5, 0.6) is 5.75 Å². The van der Waals surface area contributed by atoms with Crippen LogP contribution in [0.4, 0.5) is 0 Å². The van der Waals surface area contributed by atoms with Crippen molar-refractivity contribution in [1.82, 2.24) is 19.1 Å². The standard InChI is InChI=1S/C48H30N4O/c1-2-13-32(14-3-1)51-40-19-9-6-16-34(40)37-26-29(22-24-42(37)51)30-23-25-43-38(27-30)35-17-7-10-20-41(35)52(43)48-49-39-28-31-12-4-5-15-33(31)47-45(39)46(50-48)36-18-8-11-21-44(36)53-47/h1-10,12-20,22-28H,11,21H2. The zero-order valence-electron chi connectivity index (χ0n) is 28.6. The summed E-state index contributed by atoms with van der Waals surface area (Å²) in [7, 11) is 0. The summed E-state index contributed by atoms with van der Waals surface area (Å²) in [6.07, 6.45) is 6.21. The third-order valence-electron chi connectivity index (χ3n) is 11.1. The van der Waals surface area contributed by atoms with Crippen LogP contribution in [0, 0.1) is 0 Å². The Labute approximate surface area is 304 Å². The van der Waals surface area contributed by atoms with Gasteiger partial charge >= 0.3 is 0 Å². The van der Waals surface area contributed by atoms with Crippen LogP contribution < -0.4 is 4.74 Å². The Bertz CT molecular complexity index is 3250. The fraction of sp³-hybridized carbons (Fsp3) is 0.0417. The van der Waals surface area contributed by atoms with Gasteiger partial charge in [-0.1, -0.05) is 103 Å². The van der Waals surface area contributed by atoms with Crippen molar-refractivity contribution in [2.24, 2.45) is 0 Å². The molecule has 0 amide bonds. The Hall–Kier alpha value is -6.98. The summed E-state index contributed by atoms with van der Waals surface area (Å²) < 4.78 is 11.3. The molecule has 53 heavy (non-hydrogen) atoms. The van der Waals surface area contributed by atoms with Gasteiger partial charge in [0.25, 0.3) is 0 Å². The van der Waals surface area contributed by atoms with Crippen molar-refractivity contribution < 1.29 is 4.74 Å². The molecule has 0 atom stereocenters. The van der Waals surface area contributed by atoms with Crippen LogP contribution in [-0.4, -0.2) is 19.1 Å². The van der Waals surface area contributed by atoms with E-state index in [4.69, 9.17) is 14.7 Å². The van der Waals surface area contributed by atoms with Gasteiger partial charge in [0.2, 0.25) is 5.95 Å². The van der Waals surface area contributed by atoms with Crippen molar-refractivity contribution in [3.63, 3.8) is 0 Å². The largest absolute Gasteiger partial charge is 0.460 e. The fourth-order valence-corrected chi connectivity index (χ4v) is 8.77. The van der Waals surface area contributed by atoms with E-state index in [1.54, 1.807) is 0 Å². The van der Waals surface area contributed by atoms with E-state index in [1.165, 1.54) is 43.7 Å². The lowest BCUT2D eigenvalue weighted by atomic mass is 9.94. The molecule has 1 aliphatic carbocycles. The minimum Gasteiger partial charge on any atom is -0.460 e. The van der Waals surface area contributed by atoms with Crippen LogP contribution >= 0.6 is 0 Å². The lowest BCUT2D eigenvalue weighted by Gasteiger charge is -2.25. The third-order valence-corrected chi connectivity index (χ3v) is 11.1. The highest BCUT2D eigenvalue weighted by Gasteiger charge is 2.28. The zero-order valence-corrected chi connectivity index (χ0v) is 28.6. The molecule has 10 aromatic rings. The van der Waals surface area contributed by atoms with Crippen LogP contribution in [0.1, 0.15) is 18.5 Å². The maximum Gasteiger partial charge on any atom is 0.235 e. The smallest absolute Gasteiger partial charge is 0.235 e. The van der Waals surface area contributed by atoms with Gasteiger partial charge in [-0.3, -0.25) is 4.57 Å². The fourth-order valence-electron chi connectivity index (χ4n) is 8.77. The molecule has 5 nitrogen and oxygen atoms in total. The summed E-state index contributed by atoms with van der Waals surface area (Å²) in [6.45, 7) is 0. The monoisotopic (exact) mass is 678 g/mol. The van der Waals surface area contributed by atoms with Crippen LogP contribution in [0.2, 0.25) is 0 Å². The molecule has 12 rings (SSSR count). The molecule has 0 unspecified atom stereocenters. The molecular formula is C48H30N4O. The Morgan fingerprint density at radius 3 is 1.91 bits per heavy atom. The van der Waals surface area contributed by atoms with E-state index < -0.39 is 0 Å². The normalized spacial score (nSPS) is 13.9. The van der Waals surface area contributed by atoms with Crippen molar-refractivity contribution in [3.8, 4) is 28.5 Å². The van der Waals surface area contributed by atoms with E-state index in [1.807, 2.05) is 0 Å². The molecule has 1 aliphatic heterocycles. The second-order valence-electron chi connectivity index (χ2n) is 14.1. The summed E-state index contributed by atoms with van der Waals surface area (Å²) in [5.41, 5.74) is 10.9. The Kier molecular flexibility index (Phi) is 5.83. The highest BCUT2D eigenvalue weighted by molar-refractivity contribution is 6.13. The van der Waals surface area contributed by atoms with Crippen LogP contribution in [0.3, 0.4) is 0 Å². The SMILES string of the molecule is C1=CC2=C(CC1)Oc1c3ccccc3cc3nc(-n4c5ccccc5c5cc(-c6ccc7c(c6)c6ccccc6n7-c6ccccc6)ccc54)nc2c13. The minimum atomic E-state index is 0.663. The lowest BCUT2D eigenvalue weighted by molar-refractivity contribution is 0.411. The number of ether oxygens (including phenoxy) is 1. The van der Waals surface area contributed by atoms with Crippen molar-refractivity contribution in [2.75, 3.05) is 0 Å². The molecule has 0 spiro atoms. The highest BCUT2D eigenvalue weighted by atomic mass is 16.5. The van der Waals surface area contributed by atoms with E-state index in [2.05, 4.69) is 167 Å². The second kappa shape index (κ2) is 10.8. The van der Waals surface area contributed by atoms with Gasteiger partial charge in [-0.15, -0.1) is 0 Å². The van der Waals surface area contributed by atoms with Crippen molar-refractivity contribution in [2.45, 2.75) is 12.8 Å². The third kappa shape index (κ3) is 4.07. The number of hydrogen-bond donors (Lipinski definition) is 0. The first kappa shape index (κ1) is 28.7. The minimum absolute atomic E-state index is 0.663. The molecule has 5 heteroatoms. The van der Waals surface area contributed by atoms with Gasteiger partial charge in [0, 0.05) is 44.6 Å². The molecular weight excluding hydrogens is 649 g/mol. The number of nitrogens with zero attached hydrogens (tertiary/aromatic N) is 4. The highest BCUT2D eigenvalue weighted by Crippen LogP contribution is 2.46. The molecule has 0 radical (unpaired) electrons. The number of para-hydroxylation sites is 3. The topological polar surface area (TPSA) is 44.9 Å². The Morgan fingerprint density at radius 2 is 1.15 bits per heavy atom. The number of fused-ring (bicyclic) bond motifs is 9. The van der Waals surface area contributed by atoms with Gasteiger partial charge in [-0.05, 0) is 77.5 Å². The first-order chi connectivity index (χ1) is 26.3. The molecule has 0 bridgehead atoms. The van der Waals surface area contributed by atoms with E-state index in [0.29, 0.717) is 5.95 Å². The zero-order chi connectivity index (χ0) is 34.6. The quantitative estimate of drug-likeness (QED) is 0.175. The maximum absolute atomic E-state index is 6.66. The molecule has 3 aromatic heterocycles. The van der Waals surface area contributed by atoms with Gasteiger partial charge in [-0.2, -0.15) is 0 Å². The van der Waals surface area contributed by atoms with Crippen molar-refractivity contribution in [3.05, 3.63) is 169 Å². The maximum atomic E-state index is 6.66. The first-order valence-electron chi connectivity index (χ1n) is 18.2. The second-order valence-corrected chi connectivity index (χ2v) is 14.1. The van der Waals surface area contributed by atoms with Gasteiger partial charge < -0.3 is 9.30 Å². The van der Waals surface area contributed by atoms with Crippen molar-refractivity contribution >= 4 is 70.9 Å². The number of hydrogen-bond acceptors (Lipinski definition) is 3. The van der Waals surface area contributed by atoms with Gasteiger partial charge in [-0.25, -0.2) is 9.97 Å². The van der Waals surface area contributed by atoms with Gasteiger partial charge in [0.05, 0.1) is 38.7 Å². The summed E-state index contributed by atoms with van der Waals surface area (Å²) in [6, 6.07) is 52.2. The van der Waals surface area contributed by atoms with E-state index in [-0.39, 0.29) is 0 Å². The molecule has 0 N–H and O–H groups in total. The molecule has 248 valence electrons. The van der Waals surface area contributed by atoms with E-state index in [0.717, 1.165) is 74.0 Å². The molecule has 2 aliphatic rings. The van der Waals surface area contributed by atoms with Gasteiger partial charge in [0.1, 0.15) is 11.5 Å². The summed E-state index contributed by atoms with van der Waals surface area (Å²) in [4.78, 5) is 10.7. The summed E-state index contributed by atoms with van der Waals surface area (Å²) in [5.74, 6) is 2.51. The number of benzene rings is 7. The molecule has 0 fully saturated rings. The molecule has 4 heterocycles. The van der Waals surface area contributed by atoms with Gasteiger partial charge in [0.15, 0.2) is 0 Å². The van der Waals surface area contributed by atoms with Crippen molar-refractivity contribution in [1.29, 1.82) is 0 Å². The average Bonchev–Trinajstić information content (AvgIpc) is 3.73. The van der Waals surface area contributed by atoms with Crippen LogP contribution in [0.15, 0.2) is 164 Å². The Morgan fingerprint density at radius 1 is 0.528 bits per heavy atom. The molecule has 0 saturated heterocycles. The Balaban J connectivity index is 1.08. The van der Waals surface area contributed by atoms with E-state index >= 15 is 0 Å².